The van der Waals surface area contributed by atoms with E-state index in [1.807, 2.05) is 32.0 Å². The van der Waals surface area contributed by atoms with Crippen molar-refractivity contribution >= 4 is 29.2 Å². The molecule has 0 fully saturated rings. The van der Waals surface area contributed by atoms with E-state index >= 15 is 0 Å². The number of hydrogen-bond acceptors (Lipinski definition) is 6. The molecule has 0 aromatic heterocycles. The summed E-state index contributed by atoms with van der Waals surface area (Å²) in [5, 5.41) is 3.06. The summed E-state index contributed by atoms with van der Waals surface area (Å²) in [6.07, 6.45) is 0.597. The van der Waals surface area contributed by atoms with Gasteiger partial charge in [-0.15, -0.1) is 0 Å². The van der Waals surface area contributed by atoms with Crippen LogP contribution in [0.3, 0.4) is 0 Å². The minimum Gasteiger partial charge on any atom is -0.490 e. The number of rotatable bonds is 10. The molecule has 0 unspecified atom stereocenters. The van der Waals surface area contributed by atoms with E-state index in [1.165, 1.54) is 18.2 Å². The first-order valence-corrected chi connectivity index (χ1v) is 9.69. The number of nitrogen functional groups attached to an aromatic ring is 1. The minimum atomic E-state index is -0.642. The van der Waals surface area contributed by atoms with Gasteiger partial charge in [-0.2, -0.15) is 0 Å². The van der Waals surface area contributed by atoms with Crippen LogP contribution in [0.2, 0.25) is 5.02 Å². The van der Waals surface area contributed by atoms with Crippen molar-refractivity contribution in [2.75, 3.05) is 32.1 Å². The molecule has 0 aliphatic heterocycles. The van der Waals surface area contributed by atoms with Gasteiger partial charge in [-0.05, 0) is 56.2 Å². The van der Waals surface area contributed by atoms with Gasteiger partial charge in [0.25, 0.3) is 5.91 Å². The molecular weight excluding hydrogens is 396 g/mol. The molecular formula is C21H25ClN2O5. The number of anilines is 1. The van der Waals surface area contributed by atoms with Crippen LogP contribution in [0.1, 0.15) is 29.8 Å². The van der Waals surface area contributed by atoms with Gasteiger partial charge >= 0.3 is 5.97 Å². The molecule has 0 radical (unpaired) electrons. The first-order valence-electron chi connectivity index (χ1n) is 9.32. The van der Waals surface area contributed by atoms with Gasteiger partial charge in [0.05, 0.1) is 29.5 Å². The van der Waals surface area contributed by atoms with Crippen LogP contribution >= 0.6 is 11.6 Å². The maximum absolute atomic E-state index is 12.0. The molecule has 0 spiro atoms. The number of carbonyl (C=O) groups is 2. The number of halogens is 1. The predicted octanol–water partition coefficient (Wildman–Crippen LogP) is 3.24. The summed E-state index contributed by atoms with van der Waals surface area (Å²) in [6.45, 7) is 4.91. The van der Waals surface area contributed by atoms with E-state index in [0.29, 0.717) is 42.7 Å². The number of ether oxygens (including phenoxy) is 3. The average Bonchev–Trinajstić information content (AvgIpc) is 2.70. The summed E-state index contributed by atoms with van der Waals surface area (Å²) in [6, 6.07) is 10.1. The van der Waals surface area contributed by atoms with E-state index in [4.69, 9.17) is 31.5 Å². The van der Waals surface area contributed by atoms with Crippen LogP contribution in [0.4, 0.5) is 5.69 Å². The van der Waals surface area contributed by atoms with Crippen LogP contribution < -0.4 is 20.5 Å². The Morgan fingerprint density at radius 3 is 2.45 bits per heavy atom. The first-order chi connectivity index (χ1) is 13.9. The Labute approximate surface area is 175 Å². The van der Waals surface area contributed by atoms with Crippen molar-refractivity contribution in [1.82, 2.24) is 5.32 Å². The summed E-state index contributed by atoms with van der Waals surface area (Å²) in [4.78, 5) is 23.9. The highest BCUT2D eigenvalue weighted by atomic mass is 35.5. The maximum atomic E-state index is 12.0. The van der Waals surface area contributed by atoms with Crippen molar-refractivity contribution < 1.29 is 23.8 Å². The smallest absolute Gasteiger partial charge is 0.338 e. The Morgan fingerprint density at radius 1 is 1.03 bits per heavy atom. The van der Waals surface area contributed by atoms with Gasteiger partial charge in [-0.3, -0.25) is 4.79 Å². The Morgan fingerprint density at radius 2 is 1.76 bits per heavy atom. The van der Waals surface area contributed by atoms with Crippen molar-refractivity contribution in [3.63, 3.8) is 0 Å². The zero-order valence-corrected chi connectivity index (χ0v) is 17.3. The lowest BCUT2D eigenvalue weighted by atomic mass is 10.1. The SMILES string of the molecule is CCOc1ccc(CCNC(=O)COC(=O)c2ccc(Cl)c(N)c2)cc1OCC. The lowest BCUT2D eigenvalue weighted by Crippen LogP contribution is -2.30. The molecule has 0 atom stereocenters. The van der Waals surface area contributed by atoms with Crippen molar-refractivity contribution in [2.45, 2.75) is 20.3 Å². The number of amides is 1. The highest BCUT2D eigenvalue weighted by molar-refractivity contribution is 6.33. The molecule has 0 bridgehead atoms. The summed E-state index contributed by atoms with van der Waals surface area (Å²) >= 11 is 5.82. The first kappa shape index (κ1) is 22.4. The molecule has 7 nitrogen and oxygen atoms in total. The molecule has 0 saturated heterocycles. The third-order valence-corrected chi connectivity index (χ3v) is 4.25. The molecule has 8 heteroatoms. The summed E-state index contributed by atoms with van der Waals surface area (Å²) in [7, 11) is 0. The van der Waals surface area contributed by atoms with Gasteiger partial charge in [-0.25, -0.2) is 4.79 Å². The number of hydrogen-bond donors (Lipinski definition) is 2. The normalized spacial score (nSPS) is 10.3. The second kappa shape index (κ2) is 11.2. The average molecular weight is 421 g/mol. The highest BCUT2D eigenvalue weighted by Gasteiger charge is 2.12. The molecule has 0 aliphatic carbocycles. The van der Waals surface area contributed by atoms with Gasteiger partial charge in [-0.1, -0.05) is 17.7 Å². The highest BCUT2D eigenvalue weighted by Crippen LogP contribution is 2.28. The van der Waals surface area contributed by atoms with E-state index in [0.717, 1.165) is 5.56 Å². The van der Waals surface area contributed by atoms with Crippen molar-refractivity contribution in [3.8, 4) is 11.5 Å². The number of benzene rings is 2. The topological polar surface area (TPSA) is 99.9 Å². The summed E-state index contributed by atoms with van der Waals surface area (Å²) in [5.74, 6) is 0.332. The van der Waals surface area contributed by atoms with Crippen LogP contribution in [-0.2, 0) is 16.0 Å². The van der Waals surface area contributed by atoms with Crippen LogP contribution in [0.5, 0.6) is 11.5 Å². The minimum absolute atomic E-state index is 0.234. The molecule has 3 N–H and O–H groups in total. The molecule has 156 valence electrons. The van der Waals surface area contributed by atoms with Crippen LogP contribution in [0.15, 0.2) is 36.4 Å². The Bertz CT molecular complexity index is 857. The monoisotopic (exact) mass is 420 g/mol. The van der Waals surface area contributed by atoms with Gasteiger partial charge in [0, 0.05) is 6.54 Å². The molecule has 2 rings (SSSR count). The van der Waals surface area contributed by atoms with E-state index < -0.39 is 11.9 Å². The Hall–Kier alpha value is -2.93. The van der Waals surface area contributed by atoms with E-state index in [2.05, 4.69) is 5.32 Å². The van der Waals surface area contributed by atoms with E-state index in [1.54, 1.807) is 0 Å². The fraction of sp³-hybridized carbons (Fsp3) is 0.333. The second-order valence-electron chi connectivity index (χ2n) is 6.06. The molecule has 0 aliphatic rings. The number of esters is 1. The van der Waals surface area contributed by atoms with Crippen molar-refractivity contribution in [3.05, 3.63) is 52.5 Å². The van der Waals surface area contributed by atoms with E-state index in [9.17, 15) is 9.59 Å². The van der Waals surface area contributed by atoms with Crippen LogP contribution in [0, 0.1) is 0 Å². The molecule has 1 amide bonds. The summed E-state index contributed by atoms with van der Waals surface area (Å²) < 4.78 is 16.1. The Balaban J connectivity index is 1.79. The fourth-order valence-electron chi connectivity index (χ4n) is 2.53. The fourth-order valence-corrected chi connectivity index (χ4v) is 2.65. The lowest BCUT2D eigenvalue weighted by Gasteiger charge is -2.12. The van der Waals surface area contributed by atoms with Crippen LogP contribution in [-0.4, -0.2) is 38.2 Å². The zero-order chi connectivity index (χ0) is 21.2. The second-order valence-corrected chi connectivity index (χ2v) is 6.47. The molecule has 29 heavy (non-hydrogen) atoms. The largest absolute Gasteiger partial charge is 0.490 e. The van der Waals surface area contributed by atoms with Crippen LogP contribution in [0.25, 0.3) is 0 Å². The van der Waals surface area contributed by atoms with Crippen molar-refractivity contribution in [1.29, 1.82) is 0 Å². The zero-order valence-electron chi connectivity index (χ0n) is 16.5. The van der Waals surface area contributed by atoms with Gasteiger partial charge in [0.2, 0.25) is 0 Å². The van der Waals surface area contributed by atoms with E-state index in [-0.39, 0.29) is 17.9 Å². The number of nitrogens with one attached hydrogen (secondary N) is 1. The molecule has 2 aromatic carbocycles. The molecule has 0 saturated carbocycles. The molecule has 0 heterocycles. The Kier molecular flexibility index (Phi) is 8.61. The summed E-state index contributed by atoms with van der Waals surface area (Å²) in [5.41, 5.74) is 7.15. The quantitative estimate of drug-likeness (QED) is 0.452. The third kappa shape index (κ3) is 6.87. The van der Waals surface area contributed by atoms with Gasteiger partial charge in [0.15, 0.2) is 18.1 Å². The van der Waals surface area contributed by atoms with Crippen molar-refractivity contribution in [2.24, 2.45) is 0 Å². The predicted molar refractivity (Wildman–Crippen MR) is 112 cm³/mol. The van der Waals surface area contributed by atoms with Gasteiger partial charge in [0.1, 0.15) is 0 Å². The number of nitrogens with two attached hydrogens (primary N) is 1. The third-order valence-electron chi connectivity index (χ3n) is 3.91. The number of carbonyl (C=O) groups excluding carboxylic acids is 2. The molecule has 2 aromatic rings. The lowest BCUT2D eigenvalue weighted by molar-refractivity contribution is -0.124. The van der Waals surface area contributed by atoms with Gasteiger partial charge < -0.3 is 25.3 Å². The maximum Gasteiger partial charge on any atom is 0.338 e. The standard InChI is InChI=1S/C21H25ClN2O5/c1-3-27-18-8-5-14(11-19(18)28-4-2)9-10-24-20(25)13-29-21(26)15-6-7-16(22)17(23)12-15/h5-8,11-12H,3-4,9-10,13,23H2,1-2H3,(H,24,25).